The average molecular weight is 262 g/mol. The molecule has 0 heterocycles. The summed E-state index contributed by atoms with van der Waals surface area (Å²) in [6.07, 6.45) is 0.881. The molecular weight excluding hydrogens is 245 g/mol. The molecule has 0 saturated carbocycles. The Bertz CT molecular complexity index is 340. The molecule has 0 aliphatic carbocycles. The zero-order valence-electron chi connectivity index (χ0n) is 9.50. The Morgan fingerprint density at radius 2 is 2.06 bits per heavy atom. The third-order valence-corrected chi connectivity index (χ3v) is 3.19. The molecule has 2 nitrogen and oxygen atoms in total. The maximum atomic E-state index is 9.12. The number of aliphatic hydroxyl groups is 1. The van der Waals surface area contributed by atoms with Crippen LogP contribution in [-0.4, -0.2) is 17.8 Å². The summed E-state index contributed by atoms with van der Waals surface area (Å²) in [5.74, 6) is 0. The van der Waals surface area contributed by atoms with Crippen molar-refractivity contribution in [1.29, 1.82) is 0 Å². The largest absolute Gasteiger partial charge is 0.395 e. The van der Waals surface area contributed by atoms with E-state index in [9.17, 15) is 0 Å². The third-order valence-electron chi connectivity index (χ3n) is 2.63. The summed E-state index contributed by atoms with van der Waals surface area (Å²) in [6.45, 7) is 4.18. The van der Waals surface area contributed by atoms with Gasteiger partial charge in [0.1, 0.15) is 0 Å². The molecule has 0 radical (unpaired) electrons. The van der Waals surface area contributed by atoms with Gasteiger partial charge < -0.3 is 10.4 Å². The van der Waals surface area contributed by atoms with Gasteiger partial charge in [0.25, 0.3) is 0 Å². The Kier molecular flexibility index (Phi) is 5.56. The van der Waals surface area contributed by atoms with E-state index in [-0.39, 0.29) is 18.7 Å². The zero-order valence-corrected chi connectivity index (χ0v) is 11.0. The fraction of sp³-hybridized carbons (Fsp3) is 0.500. The third kappa shape index (κ3) is 3.63. The van der Waals surface area contributed by atoms with E-state index in [2.05, 4.69) is 5.32 Å². The van der Waals surface area contributed by atoms with Crippen molar-refractivity contribution in [3.63, 3.8) is 0 Å². The fourth-order valence-corrected chi connectivity index (χ4v) is 2.17. The maximum Gasteiger partial charge on any atom is 0.0584 e. The van der Waals surface area contributed by atoms with Crippen LogP contribution in [0.3, 0.4) is 0 Å². The monoisotopic (exact) mass is 261 g/mol. The second kappa shape index (κ2) is 6.45. The molecule has 90 valence electrons. The zero-order chi connectivity index (χ0) is 12.1. The summed E-state index contributed by atoms with van der Waals surface area (Å²) >= 11 is 11.9. The minimum absolute atomic E-state index is 0.0988. The molecule has 0 bridgehead atoms. The van der Waals surface area contributed by atoms with Crippen LogP contribution in [0.15, 0.2) is 18.2 Å². The number of aliphatic hydroxyl groups excluding tert-OH is 1. The van der Waals surface area contributed by atoms with E-state index in [1.807, 2.05) is 26.0 Å². The van der Waals surface area contributed by atoms with E-state index >= 15 is 0 Å². The molecule has 1 aromatic rings. The fourth-order valence-electron chi connectivity index (χ4n) is 1.60. The molecule has 4 heteroatoms. The summed E-state index contributed by atoms with van der Waals surface area (Å²) in [5, 5.41) is 13.7. The topological polar surface area (TPSA) is 32.3 Å². The summed E-state index contributed by atoms with van der Waals surface area (Å²) in [5.41, 5.74) is 0.998. The Morgan fingerprint density at radius 3 is 2.56 bits per heavy atom. The second-order valence-electron chi connectivity index (χ2n) is 3.84. The lowest BCUT2D eigenvalue weighted by Gasteiger charge is -2.21. The predicted molar refractivity (Wildman–Crippen MR) is 69.2 cm³/mol. The Hall–Kier alpha value is -0.280. The van der Waals surface area contributed by atoms with Gasteiger partial charge in [-0.3, -0.25) is 0 Å². The number of rotatable bonds is 5. The Labute approximate surface area is 107 Å². The lowest BCUT2D eigenvalue weighted by Crippen LogP contribution is -2.34. The van der Waals surface area contributed by atoms with Gasteiger partial charge in [-0.1, -0.05) is 36.2 Å². The minimum Gasteiger partial charge on any atom is -0.395 e. The van der Waals surface area contributed by atoms with Gasteiger partial charge in [-0.25, -0.2) is 0 Å². The van der Waals surface area contributed by atoms with Crippen molar-refractivity contribution in [1.82, 2.24) is 5.32 Å². The van der Waals surface area contributed by atoms with Crippen LogP contribution in [0.5, 0.6) is 0 Å². The van der Waals surface area contributed by atoms with Gasteiger partial charge in [-0.05, 0) is 31.0 Å². The van der Waals surface area contributed by atoms with Gasteiger partial charge >= 0.3 is 0 Å². The maximum absolute atomic E-state index is 9.12. The van der Waals surface area contributed by atoms with Gasteiger partial charge in [0.2, 0.25) is 0 Å². The normalized spacial score (nSPS) is 14.8. The highest BCUT2D eigenvalue weighted by molar-refractivity contribution is 6.35. The van der Waals surface area contributed by atoms with Crippen LogP contribution in [-0.2, 0) is 0 Å². The summed E-state index contributed by atoms with van der Waals surface area (Å²) in [4.78, 5) is 0. The molecule has 0 aliphatic rings. The lowest BCUT2D eigenvalue weighted by atomic mass is 10.1. The van der Waals surface area contributed by atoms with E-state index in [1.165, 1.54) is 0 Å². The number of nitrogens with one attached hydrogen (secondary N) is 1. The molecule has 2 atom stereocenters. The number of hydrogen-bond donors (Lipinski definition) is 2. The Balaban J connectivity index is 2.76. The molecule has 0 aliphatic heterocycles. The molecule has 0 spiro atoms. The first-order chi connectivity index (χ1) is 7.58. The molecule has 0 fully saturated rings. The number of hydrogen-bond acceptors (Lipinski definition) is 2. The molecule has 0 amide bonds. The highest BCUT2D eigenvalue weighted by Crippen LogP contribution is 2.26. The quantitative estimate of drug-likeness (QED) is 0.852. The van der Waals surface area contributed by atoms with Crippen molar-refractivity contribution in [2.45, 2.75) is 32.4 Å². The van der Waals surface area contributed by atoms with Crippen LogP contribution in [0.1, 0.15) is 31.9 Å². The van der Waals surface area contributed by atoms with Crippen molar-refractivity contribution in [2.75, 3.05) is 6.61 Å². The van der Waals surface area contributed by atoms with Crippen molar-refractivity contribution >= 4 is 23.2 Å². The first kappa shape index (κ1) is 13.8. The first-order valence-electron chi connectivity index (χ1n) is 5.40. The molecule has 1 aromatic carbocycles. The van der Waals surface area contributed by atoms with E-state index in [1.54, 1.807) is 6.07 Å². The van der Waals surface area contributed by atoms with Gasteiger partial charge in [-0.15, -0.1) is 0 Å². The standard InChI is InChI=1S/C12H17Cl2NO/c1-3-10(7-16)15-8(2)11-5-4-9(13)6-12(11)14/h4-6,8,10,15-16H,3,7H2,1-2H3/t8?,10-/m0/s1. The SMILES string of the molecule is CC[C@@H](CO)NC(C)c1ccc(Cl)cc1Cl. The van der Waals surface area contributed by atoms with Gasteiger partial charge in [-0.2, -0.15) is 0 Å². The van der Waals surface area contributed by atoms with Gasteiger partial charge in [0, 0.05) is 22.1 Å². The van der Waals surface area contributed by atoms with Crippen molar-refractivity contribution in [3.8, 4) is 0 Å². The molecule has 0 aromatic heterocycles. The average Bonchev–Trinajstić information content (AvgIpc) is 2.25. The molecule has 0 saturated heterocycles. The number of halogens is 2. The van der Waals surface area contributed by atoms with E-state index < -0.39 is 0 Å². The molecular formula is C12H17Cl2NO. The van der Waals surface area contributed by atoms with E-state index in [4.69, 9.17) is 28.3 Å². The smallest absolute Gasteiger partial charge is 0.0584 e. The van der Waals surface area contributed by atoms with Crippen LogP contribution in [0.2, 0.25) is 10.0 Å². The van der Waals surface area contributed by atoms with Crippen LogP contribution in [0.25, 0.3) is 0 Å². The van der Waals surface area contributed by atoms with Gasteiger partial charge in [0.15, 0.2) is 0 Å². The lowest BCUT2D eigenvalue weighted by molar-refractivity contribution is 0.230. The minimum atomic E-state index is 0.0988. The highest BCUT2D eigenvalue weighted by atomic mass is 35.5. The van der Waals surface area contributed by atoms with Crippen molar-refractivity contribution < 1.29 is 5.11 Å². The van der Waals surface area contributed by atoms with E-state index in [0.717, 1.165) is 12.0 Å². The van der Waals surface area contributed by atoms with Crippen LogP contribution in [0, 0.1) is 0 Å². The van der Waals surface area contributed by atoms with Crippen LogP contribution < -0.4 is 5.32 Å². The predicted octanol–water partition coefficient (Wildman–Crippen LogP) is 3.41. The van der Waals surface area contributed by atoms with Crippen molar-refractivity contribution in [3.05, 3.63) is 33.8 Å². The summed E-state index contributed by atoms with van der Waals surface area (Å²) in [6, 6.07) is 5.66. The highest BCUT2D eigenvalue weighted by Gasteiger charge is 2.13. The van der Waals surface area contributed by atoms with Gasteiger partial charge in [0.05, 0.1) is 6.61 Å². The van der Waals surface area contributed by atoms with E-state index in [0.29, 0.717) is 10.0 Å². The molecule has 1 unspecified atom stereocenters. The molecule has 1 rings (SSSR count). The molecule has 16 heavy (non-hydrogen) atoms. The summed E-state index contributed by atoms with van der Waals surface area (Å²) in [7, 11) is 0. The molecule has 2 N–H and O–H groups in total. The Morgan fingerprint density at radius 1 is 1.38 bits per heavy atom. The number of benzene rings is 1. The van der Waals surface area contributed by atoms with Crippen LogP contribution >= 0.6 is 23.2 Å². The first-order valence-corrected chi connectivity index (χ1v) is 6.16. The second-order valence-corrected chi connectivity index (χ2v) is 4.69. The summed E-state index contributed by atoms with van der Waals surface area (Å²) < 4.78 is 0. The van der Waals surface area contributed by atoms with Crippen molar-refractivity contribution in [2.24, 2.45) is 0 Å². The van der Waals surface area contributed by atoms with Crippen LogP contribution in [0.4, 0.5) is 0 Å².